The highest BCUT2D eigenvalue weighted by molar-refractivity contribution is 7.19. The van der Waals surface area contributed by atoms with E-state index in [0.717, 1.165) is 4.88 Å². The molecule has 0 unspecified atom stereocenters. The average molecular weight is 255 g/mol. The zero-order valence-electron chi connectivity index (χ0n) is 8.05. The lowest BCUT2D eigenvalue weighted by Crippen LogP contribution is -2.04. The molecule has 0 spiro atoms. The second-order valence-electron chi connectivity index (χ2n) is 3.03. The van der Waals surface area contributed by atoms with Crippen molar-refractivity contribution in [3.8, 4) is 10.6 Å². The van der Waals surface area contributed by atoms with Crippen LogP contribution >= 0.6 is 22.9 Å². The van der Waals surface area contributed by atoms with Gasteiger partial charge in [0.05, 0.1) is 14.9 Å². The molecule has 0 aromatic carbocycles. The molecule has 2 aromatic rings. The fraction of sp³-hybridized carbons (Fsp3) is 0.100. The van der Waals surface area contributed by atoms with E-state index in [1.807, 2.05) is 6.07 Å². The van der Waals surface area contributed by atoms with Gasteiger partial charge >= 0.3 is 5.97 Å². The number of hydrogen-bond donors (Lipinski definition) is 1. The molecule has 1 N–H and O–H groups in total. The van der Waals surface area contributed by atoms with Gasteiger partial charge in [-0.25, -0.2) is 9.97 Å². The zero-order chi connectivity index (χ0) is 11.5. The Kier molecular flexibility index (Phi) is 3.17. The topological polar surface area (TPSA) is 63.1 Å². The van der Waals surface area contributed by atoms with E-state index in [0.29, 0.717) is 15.9 Å². The molecule has 2 heterocycles. The van der Waals surface area contributed by atoms with Crippen LogP contribution in [0.15, 0.2) is 24.4 Å². The van der Waals surface area contributed by atoms with Gasteiger partial charge in [0.1, 0.15) is 12.2 Å². The Morgan fingerprint density at radius 2 is 2.25 bits per heavy atom. The van der Waals surface area contributed by atoms with Gasteiger partial charge in [0.15, 0.2) is 0 Å². The minimum atomic E-state index is -0.943. The number of carboxylic acids is 1. The lowest BCUT2D eigenvalue weighted by molar-refractivity contribution is -0.136. The van der Waals surface area contributed by atoms with Crippen molar-refractivity contribution in [2.45, 2.75) is 6.42 Å². The standard InChI is InChI=1S/C10H7ClN2O2S/c11-8-2-1-7(16-8)6-3-4-12-9(13-6)5-10(14)15/h1-4H,5H2,(H,14,15). The molecule has 16 heavy (non-hydrogen) atoms. The molecule has 2 aromatic heterocycles. The fourth-order valence-corrected chi connectivity index (χ4v) is 2.22. The van der Waals surface area contributed by atoms with Gasteiger partial charge in [0.2, 0.25) is 0 Å². The van der Waals surface area contributed by atoms with Crippen LogP contribution in [0.25, 0.3) is 10.6 Å². The molecule has 0 amide bonds. The second kappa shape index (κ2) is 4.59. The Hall–Kier alpha value is -1.46. The monoisotopic (exact) mass is 254 g/mol. The van der Waals surface area contributed by atoms with E-state index in [1.54, 1.807) is 18.3 Å². The molecule has 4 nitrogen and oxygen atoms in total. The number of nitrogens with zero attached hydrogens (tertiary/aromatic N) is 2. The Morgan fingerprint density at radius 3 is 2.88 bits per heavy atom. The smallest absolute Gasteiger partial charge is 0.311 e. The Bertz CT molecular complexity index is 527. The molecule has 0 fully saturated rings. The highest BCUT2D eigenvalue weighted by atomic mass is 35.5. The summed E-state index contributed by atoms with van der Waals surface area (Å²) in [5.41, 5.74) is 0.697. The van der Waals surface area contributed by atoms with E-state index in [4.69, 9.17) is 16.7 Å². The average Bonchev–Trinajstić information content (AvgIpc) is 2.64. The molecular weight excluding hydrogens is 248 g/mol. The highest BCUT2D eigenvalue weighted by Gasteiger charge is 2.07. The Morgan fingerprint density at radius 1 is 1.44 bits per heavy atom. The molecule has 0 atom stereocenters. The van der Waals surface area contributed by atoms with Gasteiger partial charge in [-0.15, -0.1) is 11.3 Å². The van der Waals surface area contributed by atoms with Gasteiger partial charge in [-0.1, -0.05) is 11.6 Å². The highest BCUT2D eigenvalue weighted by Crippen LogP contribution is 2.29. The lowest BCUT2D eigenvalue weighted by atomic mass is 10.3. The van der Waals surface area contributed by atoms with Crippen molar-refractivity contribution in [3.05, 3.63) is 34.6 Å². The molecule has 0 saturated heterocycles. The fourth-order valence-electron chi connectivity index (χ4n) is 1.21. The van der Waals surface area contributed by atoms with Crippen LogP contribution in [-0.2, 0) is 11.2 Å². The van der Waals surface area contributed by atoms with Gasteiger partial charge < -0.3 is 5.11 Å². The molecule has 0 saturated carbocycles. The summed E-state index contributed by atoms with van der Waals surface area (Å²) >= 11 is 7.21. The van der Waals surface area contributed by atoms with Crippen LogP contribution in [0.4, 0.5) is 0 Å². The maximum absolute atomic E-state index is 10.5. The number of halogens is 1. The van der Waals surface area contributed by atoms with Crippen molar-refractivity contribution >= 4 is 28.9 Å². The van der Waals surface area contributed by atoms with Crippen LogP contribution < -0.4 is 0 Å². The molecular formula is C10H7ClN2O2S. The number of aromatic nitrogens is 2. The number of aliphatic carboxylic acids is 1. The van der Waals surface area contributed by atoms with E-state index in [1.165, 1.54) is 11.3 Å². The summed E-state index contributed by atoms with van der Waals surface area (Å²) in [6.07, 6.45) is 1.38. The van der Waals surface area contributed by atoms with Crippen molar-refractivity contribution in [1.29, 1.82) is 0 Å². The molecule has 0 aliphatic carbocycles. The van der Waals surface area contributed by atoms with Gasteiger partial charge in [-0.05, 0) is 18.2 Å². The van der Waals surface area contributed by atoms with Crippen LogP contribution in [-0.4, -0.2) is 21.0 Å². The van der Waals surface area contributed by atoms with Crippen LogP contribution in [0, 0.1) is 0 Å². The van der Waals surface area contributed by atoms with Crippen molar-refractivity contribution in [3.63, 3.8) is 0 Å². The van der Waals surface area contributed by atoms with Crippen LogP contribution in [0.2, 0.25) is 4.34 Å². The third-order valence-electron chi connectivity index (χ3n) is 1.84. The Labute approximate surface area is 101 Å². The molecule has 0 bridgehead atoms. The maximum Gasteiger partial charge on any atom is 0.311 e. The minimum absolute atomic E-state index is 0.174. The van der Waals surface area contributed by atoms with Crippen LogP contribution in [0.1, 0.15) is 5.82 Å². The minimum Gasteiger partial charge on any atom is -0.481 e. The zero-order valence-corrected chi connectivity index (χ0v) is 9.63. The number of hydrogen-bond acceptors (Lipinski definition) is 4. The second-order valence-corrected chi connectivity index (χ2v) is 4.75. The molecule has 0 aliphatic heterocycles. The first-order chi connectivity index (χ1) is 7.65. The number of rotatable bonds is 3. The van der Waals surface area contributed by atoms with E-state index in [-0.39, 0.29) is 6.42 Å². The van der Waals surface area contributed by atoms with Crippen molar-refractivity contribution < 1.29 is 9.90 Å². The van der Waals surface area contributed by atoms with E-state index >= 15 is 0 Å². The van der Waals surface area contributed by atoms with E-state index in [2.05, 4.69) is 9.97 Å². The summed E-state index contributed by atoms with van der Waals surface area (Å²) in [6, 6.07) is 5.36. The molecule has 2 rings (SSSR count). The first-order valence-corrected chi connectivity index (χ1v) is 5.64. The predicted molar refractivity (Wildman–Crippen MR) is 61.7 cm³/mol. The van der Waals surface area contributed by atoms with Crippen molar-refractivity contribution in [2.24, 2.45) is 0 Å². The summed E-state index contributed by atoms with van der Waals surface area (Å²) in [6.45, 7) is 0. The van der Waals surface area contributed by atoms with E-state index < -0.39 is 5.97 Å². The molecule has 0 aliphatic rings. The molecule has 6 heteroatoms. The SMILES string of the molecule is O=C(O)Cc1nccc(-c2ccc(Cl)s2)n1. The Balaban J connectivity index is 2.32. The summed E-state index contributed by atoms with van der Waals surface area (Å²) in [5.74, 6) is -0.643. The quantitative estimate of drug-likeness (QED) is 0.914. The van der Waals surface area contributed by atoms with Crippen molar-refractivity contribution in [1.82, 2.24) is 9.97 Å². The van der Waals surface area contributed by atoms with Gasteiger partial charge in [-0.2, -0.15) is 0 Å². The third-order valence-corrected chi connectivity index (χ3v) is 3.09. The summed E-state index contributed by atoms with van der Waals surface area (Å²) in [5, 5.41) is 8.63. The first-order valence-electron chi connectivity index (χ1n) is 4.44. The summed E-state index contributed by atoms with van der Waals surface area (Å²) in [7, 11) is 0. The van der Waals surface area contributed by atoms with E-state index in [9.17, 15) is 4.79 Å². The third kappa shape index (κ3) is 2.56. The summed E-state index contributed by atoms with van der Waals surface area (Å²) < 4.78 is 0.674. The first kappa shape index (κ1) is 11.0. The van der Waals surface area contributed by atoms with Crippen LogP contribution in [0.3, 0.4) is 0 Å². The summed E-state index contributed by atoms with van der Waals surface area (Å²) in [4.78, 5) is 19.5. The number of carboxylic acid groups (broad SMARTS) is 1. The number of carbonyl (C=O) groups is 1. The van der Waals surface area contributed by atoms with Gasteiger partial charge in [-0.3, -0.25) is 4.79 Å². The van der Waals surface area contributed by atoms with Gasteiger partial charge in [0.25, 0.3) is 0 Å². The molecule has 82 valence electrons. The lowest BCUT2D eigenvalue weighted by Gasteiger charge is -1.99. The molecule has 0 radical (unpaired) electrons. The van der Waals surface area contributed by atoms with Crippen molar-refractivity contribution in [2.75, 3.05) is 0 Å². The van der Waals surface area contributed by atoms with Gasteiger partial charge in [0, 0.05) is 6.20 Å². The largest absolute Gasteiger partial charge is 0.481 e. The van der Waals surface area contributed by atoms with Crippen LogP contribution in [0.5, 0.6) is 0 Å². The predicted octanol–water partition coefficient (Wildman–Crippen LogP) is 2.49. The maximum atomic E-state index is 10.5. The normalized spacial score (nSPS) is 10.3. The number of thiophene rings is 1.